The van der Waals surface area contributed by atoms with Gasteiger partial charge in [-0.05, 0) is 19.1 Å². The van der Waals surface area contributed by atoms with Crippen molar-refractivity contribution in [3.05, 3.63) is 23.8 Å². The van der Waals surface area contributed by atoms with Gasteiger partial charge in [0.1, 0.15) is 11.5 Å². The molecule has 0 radical (unpaired) electrons. The molecule has 1 aromatic rings. The molecule has 0 amide bonds. The molecule has 0 aromatic heterocycles. The first-order valence-electron chi connectivity index (χ1n) is 5.28. The first kappa shape index (κ1) is 12.8. The molecule has 16 heavy (non-hydrogen) atoms. The van der Waals surface area contributed by atoms with E-state index >= 15 is 0 Å². The minimum Gasteiger partial charge on any atom is -0.497 e. The normalized spacial score (nSPS) is 12.2. The molecule has 0 aliphatic carbocycles. The van der Waals surface area contributed by atoms with Gasteiger partial charge in [0.2, 0.25) is 0 Å². The highest BCUT2D eigenvalue weighted by Gasteiger charge is 2.10. The third kappa shape index (κ3) is 3.40. The predicted octanol–water partition coefficient (Wildman–Crippen LogP) is 1.51. The first-order valence-corrected chi connectivity index (χ1v) is 5.28. The molecule has 1 rings (SSSR count). The monoisotopic (exact) mass is 226 g/mol. The van der Waals surface area contributed by atoms with Crippen LogP contribution in [-0.2, 0) is 0 Å². The average Bonchev–Trinajstić information content (AvgIpc) is 2.29. The quantitative estimate of drug-likeness (QED) is 0.722. The van der Waals surface area contributed by atoms with Crippen LogP contribution < -0.4 is 9.47 Å². The Labute approximate surface area is 95.4 Å². The number of ether oxygens (including phenoxy) is 2. The third-order valence-corrected chi connectivity index (χ3v) is 2.23. The second kappa shape index (κ2) is 6.35. The van der Waals surface area contributed by atoms with E-state index in [4.69, 9.17) is 14.6 Å². The van der Waals surface area contributed by atoms with E-state index in [9.17, 15) is 5.11 Å². The molecule has 1 atom stereocenters. The summed E-state index contributed by atoms with van der Waals surface area (Å²) in [5.41, 5.74) is 0.721. The van der Waals surface area contributed by atoms with Gasteiger partial charge in [-0.25, -0.2) is 0 Å². The zero-order valence-electron chi connectivity index (χ0n) is 9.64. The van der Waals surface area contributed by atoms with Crippen LogP contribution in [-0.4, -0.2) is 30.5 Å². The lowest BCUT2D eigenvalue weighted by Crippen LogP contribution is -2.04. The number of hydrogen-bond acceptors (Lipinski definition) is 4. The molecule has 0 spiro atoms. The number of aliphatic hydroxyl groups is 2. The van der Waals surface area contributed by atoms with Gasteiger partial charge in [-0.1, -0.05) is 0 Å². The fourth-order valence-electron chi connectivity index (χ4n) is 1.36. The van der Waals surface area contributed by atoms with Gasteiger partial charge >= 0.3 is 0 Å². The van der Waals surface area contributed by atoms with E-state index < -0.39 is 6.10 Å². The molecule has 2 N–H and O–H groups in total. The summed E-state index contributed by atoms with van der Waals surface area (Å²) in [7, 11) is 1.58. The van der Waals surface area contributed by atoms with Crippen molar-refractivity contribution in [2.75, 3.05) is 20.3 Å². The molecule has 4 heteroatoms. The van der Waals surface area contributed by atoms with Crippen LogP contribution >= 0.6 is 0 Å². The second-order valence-corrected chi connectivity index (χ2v) is 3.51. The lowest BCUT2D eigenvalue weighted by atomic mass is 10.1. The topological polar surface area (TPSA) is 58.9 Å². The molecule has 4 nitrogen and oxygen atoms in total. The van der Waals surface area contributed by atoms with Crippen molar-refractivity contribution in [3.8, 4) is 11.5 Å². The zero-order valence-corrected chi connectivity index (χ0v) is 9.64. The van der Waals surface area contributed by atoms with Crippen LogP contribution in [0.2, 0.25) is 0 Å². The van der Waals surface area contributed by atoms with E-state index in [1.807, 2.05) is 0 Å². The highest BCUT2D eigenvalue weighted by atomic mass is 16.5. The van der Waals surface area contributed by atoms with Crippen molar-refractivity contribution >= 4 is 0 Å². The second-order valence-electron chi connectivity index (χ2n) is 3.51. The maximum Gasteiger partial charge on any atom is 0.128 e. The van der Waals surface area contributed by atoms with E-state index in [2.05, 4.69) is 0 Å². The smallest absolute Gasteiger partial charge is 0.128 e. The summed E-state index contributed by atoms with van der Waals surface area (Å²) in [4.78, 5) is 0. The summed E-state index contributed by atoms with van der Waals surface area (Å²) in [6.45, 7) is 2.19. The van der Waals surface area contributed by atoms with E-state index in [1.54, 1.807) is 32.2 Å². The predicted molar refractivity (Wildman–Crippen MR) is 60.8 cm³/mol. The van der Waals surface area contributed by atoms with Crippen LogP contribution in [0, 0.1) is 0 Å². The van der Waals surface area contributed by atoms with Crippen LogP contribution in [0.5, 0.6) is 11.5 Å². The molecule has 0 saturated carbocycles. The van der Waals surface area contributed by atoms with Crippen LogP contribution in [0.4, 0.5) is 0 Å². The summed E-state index contributed by atoms with van der Waals surface area (Å²) in [5, 5.41) is 18.2. The fraction of sp³-hybridized carbons (Fsp3) is 0.500. The summed E-state index contributed by atoms with van der Waals surface area (Å²) in [5.74, 6) is 1.28. The molecular weight excluding hydrogens is 208 g/mol. The summed E-state index contributed by atoms with van der Waals surface area (Å²) >= 11 is 0. The molecular formula is C12H18O4. The van der Waals surface area contributed by atoms with Crippen LogP contribution in [0.25, 0.3) is 0 Å². The number of benzene rings is 1. The van der Waals surface area contributed by atoms with Gasteiger partial charge in [0.15, 0.2) is 0 Å². The van der Waals surface area contributed by atoms with Gasteiger partial charge < -0.3 is 19.7 Å². The standard InChI is InChI=1S/C12H18O4/c1-9(14)11-5-4-10(15-2)8-12(11)16-7-3-6-13/h4-5,8-9,13-14H,3,6-7H2,1-2H3/t9-/m0/s1. The summed E-state index contributed by atoms with van der Waals surface area (Å²) < 4.78 is 10.6. The van der Waals surface area contributed by atoms with Gasteiger partial charge in [0, 0.05) is 24.7 Å². The SMILES string of the molecule is COc1ccc([C@H](C)O)c(OCCCO)c1. The van der Waals surface area contributed by atoms with E-state index in [-0.39, 0.29) is 6.61 Å². The maximum absolute atomic E-state index is 9.55. The number of aliphatic hydroxyl groups excluding tert-OH is 2. The van der Waals surface area contributed by atoms with Crippen LogP contribution in [0.15, 0.2) is 18.2 Å². The highest BCUT2D eigenvalue weighted by Crippen LogP contribution is 2.29. The van der Waals surface area contributed by atoms with Gasteiger partial charge in [0.25, 0.3) is 0 Å². The Morgan fingerprint density at radius 2 is 2.12 bits per heavy atom. The largest absolute Gasteiger partial charge is 0.497 e. The van der Waals surface area contributed by atoms with Crippen molar-refractivity contribution in [1.29, 1.82) is 0 Å². The van der Waals surface area contributed by atoms with Crippen LogP contribution in [0.3, 0.4) is 0 Å². The van der Waals surface area contributed by atoms with Crippen LogP contribution in [0.1, 0.15) is 25.0 Å². The van der Waals surface area contributed by atoms with Crippen molar-refractivity contribution in [3.63, 3.8) is 0 Å². The summed E-state index contributed by atoms with van der Waals surface area (Å²) in [6, 6.07) is 5.29. The van der Waals surface area contributed by atoms with E-state index in [0.717, 1.165) is 5.56 Å². The lowest BCUT2D eigenvalue weighted by molar-refractivity contribution is 0.187. The molecule has 0 aliphatic heterocycles. The fourth-order valence-corrected chi connectivity index (χ4v) is 1.36. The Hall–Kier alpha value is -1.26. The number of methoxy groups -OCH3 is 1. The van der Waals surface area contributed by atoms with Gasteiger partial charge in [0.05, 0.1) is 19.8 Å². The Morgan fingerprint density at radius 1 is 1.38 bits per heavy atom. The molecule has 1 aromatic carbocycles. The Balaban J connectivity index is 2.83. The molecule has 0 unspecified atom stereocenters. The van der Waals surface area contributed by atoms with Gasteiger partial charge in [-0.15, -0.1) is 0 Å². The van der Waals surface area contributed by atoms with Crippen molar-refractivity contribution in [1.82, 2.24) is 0 Å². The summed E-state index contributed by atoms with van der Waals surface area (Å²) in [6.07, 6.45) is -0.0220. The van der Waals surface area contributed by atoms with Gasteiger partial charge in [-0.3, -0.25) is 0 Å². The van der Waals surface area contributed by atoms with Gasteiger partial charge in [-0.2, -0.15) is 0 Å². The third-order valence-electron chi connectivity index (χ3n) is 2.23. The minimum atomic E-state index is -0.588. The Morgan fingerprint density at radius 3 is 2.69 bits per heavy atom. The van der Waals surface area contributed by atoms with Crippen molar-refractivity contribution in [2.24, 2.45) is 0 Å². The lowest BCUT2D eigenvalue weighted by Gasteiger charge is -2.14. The molecule has 0 heterocycles. The highest BCUT2D eigenvalue weighted by molar-refractivity contribution is 5.41. The first-order chi connectivity index (χ1) is 7.69. The molecule has 0 fully saturated rings. The maximum atomic E-state index is 9.55. The molecule has 90 valence electrons. The molecule has 0 bridgehead atoms. The minimum absolute atomic E-state index is 0.0913. The molecule has 0 aliphatic rings. The Bertz CT molecular complexity index is 323. The van der Waals surface area contributed by atoms with E-state index in [1.165, 1.54) is 0 Å². The van der Waals surface area contributed by atoms with E-state index in [0.29, 0.717) is 24.5 Å². The Kier molecular flexibility index (Phi) is 5.08. The number of rotatable bonds is 6. The molecule has 0 saturated heterocycles. The zero-order chi connectivity index (χ0) is 12.0. The average molecular weight is 226 g/mol. The number of hydrogen-bond donors (Lipinski definition) is 2. The van der Waals surface area contributed by atoms with Crippen molar-refractivity contribution in [2.45, 2.75) is 19.4 Å². The van der Waals surface area contributed by atoms with Crippen molar-refractivity contribution < 1.29 is 19.7 Å².